The van der Waals surface area contributed by atoms with Gasteiger partial charge in [0.05, 0.1) is 11.9 Å². The van der Waals surface area contributed by atoms with Gasteiger partial charge in [-0.25, -0.2) is 4.39 Å². The van der Waals surface area contributed by atoms with Crippen LogP contribution in [0.15, 0.2) is 24.0 Å². The summed E-state index contributed by atoms with van der Waals surface area (Å²) >= 11 is 0. The maximum Gasteiger partial charge on any atom is 0.303 e. The summed E-state index contributed by atoms with van der Waals surface area (Å²) in [6, 6.07) is 0. The third kappa shape index (κ3) is 10.3. The van der Waals surface area contributed by atoms with Crippen LogP contribution in [0.25, 0.3) is 0 Å². The van der Waals surface area contributed by atoms with Gasteiger partial charge in [0.1, 0.15) is 6.17 Å². The molecule has 1 rings (SSSR count). The van der Waals surface area contributed by atoms with Crippen molar-refractivity contribution < 1.29 is 24.5 Å². The highest BCUT2D eigenvalue weighted by molar-refractivity contribution is 5.66. The number of allylic oxidation sites excluding steroid dienone is 4. The van der Waals surface area contributed by atoms with Crippen LogP contribution < -0.4 is 0 Å². The maximum atomic E-state index is 13.7. The van der Waals surface area contributed by atoms with Crippen LogP contribution >= 0.6 is 0 Å². The Bertz CT molecular complexity index is 445. The minimum atomic E-state index is -1.01. The van der Waals surface area contributed by atoms with Crippen molar-refractivity contribution in [2.45, 2.75) is 83.4 Å². The SMILES string of the molecule is CC(O)CCC(F)C/C=C(/O)[C@H]1CC[C@@H](CC=CCCCC(=O)O)C1. The first-order valence-corrected chi connectivity index (χ1v) is 9.46. The fraction of sp³-hybridized carbons (Fsp3) is 0.750. The summed E-state index contributed by atoms with van der Waals surface area (Å²) in [7, 11) is 0. The van der Waals surface area contributed by atoms with Gasteiger partial charge < -0.3 is 15.3 Å². The van der Waals surface area contributed by atoms with Crippen molar-refractivity contribution in [3.63, 3.8) is 0 Å². The van der Waals surface area contributed by atoms with Gasteiger partial charge in [-0.2, -0.15) is 0 Å². The molecule has 0 aromatic rings. The van der Waals surface area contributed by atoms with Gasteiger partial charge in [0.15, 0.2) is 0 Å². The third-order valence-electron chi connectivity index (χ3n) is 4.84. The number of carboxylic acid groups (broad SMARTS) is 1. The van der Waals surface area contributed by atoms with Crippen molar-refractivity contribution in [2.75, 3.05) is 0 Å². The van der Waals surface area contributed by atoms with Crippen LogP contribution in [0, 0.1) is 11.8 Å². The minimum absolute atomic E-state index is 0.134. The third-order valence-corrected chi connectivity index (χ3v) is 4.84. The Balaban J connectivity index is 2.23. The number of aliphatic carboxylic acids is 1. The Morgan fingerprint density at radius 1 is 1.24 bits per heavy atom. The minimum Gasteiger partial charge on any atom is -0.512 e. The zero-order valence-corrected chi connectivity index (χ0v) is 15.2. The number of aliphatic hydroxyl groups is 2. The first-order valence-electron chi connectivity index (χ1n) is 9.46. The summed E-state index contributed by atoms with van der Waals surface area (Å²) in [6.45, 7) is 1.65. The molecule has 4 atom stereocenters. The highest BCUT2D eigenvalue weighted by Gasteiger charge is 2.26. The molecule has 0 aromatic carbocycles. The first-order chi connectivity index (χ1) is 11.9. The van der Waals surface area contributed by atoms with Crippen LogP contribution in [0.2, 0.25) is 0 Å². The first kappa shape index (κ1) is 21.7. The lowest BCUT2D eigenvalue weighted by atomic mass is 9.99. The number of carbonyl (C=O) groups is 1. The number of rotatable bonds is 12. The standard InChI is InChI=1S/C20H33FO4/c1-15(22)8-11-18(21)12-13-19(23)17-10-9-16(14-17)6-4-2-3-5-7-20(24)25/h2,4,13,15-18,22-23H,3,5-12,14H2,1H3,(H,24,25)/b4-2?,19-13+/t15?,16-,17+,18?/m1/s1. The van der Waals surface area contributed by atoms with Crippen LogP contribution in [-0.4, -0.2) is 33.6 Å². The molecule has 0 spiro atoms. The number of alkyl halides is 1. The molecule has 5 heteroatoms. The second-order valence-corrected chi connectivity index (χ2v) is 7.26. The van der Waals surface area contributed by atoms with Gasteiger partial charge >= 0.3 is 5.97 Å². The average molecular weight is 356 g/mol. The fourth-order valence-corrected chi connectivity index (χ4v) is 3.29. The second-order valence-electron chi connectivity index (χ2n) is 7.26. The van der Waals surface area contributed by atoms with E-state index < -0.39 is 18.2 Å². The Morgan fingerprint density at radius 2 is 2.00 bits per heavy atom. The topological polar surface area (TPSA) is 77.8 Å². The molecule has 0 saturated heterocycles. The van der Waals surface area contributed by atoms with Crippen molar-refractivity contribution in [2.24, 2.45) is 11.8 Å². The lowest BCUT2D eigenvalue weighted by Crippen LogP contribution is -2.07. The van der Waals surface area contributed by atoms with E-state index in [1.165, 1.54) is 0 Å². The average Bonchev–Trinajstić information content (AvgIpc) is 3.02. The smallest absolute Gasteiger partial charge is 0.303 e. The number of aliphatic hydroxyl groups excluding tert-OH is 2. The largest absolute Gasteiger partial charge is 0.512 e. The molecule has 144 valence electrons. The van der Waals surface area contributed by atoms with E-state index in [-0.39, 0.29) is 18.8 Å². The summed E-state index contributed by atoms with van der Waals surface area (Å²) < 4.78 is 13.7. The molecule has 1 aliphatic carbocycles. The van der Waals surface area contributed by atoms with E-state index in [4.69, 9.17) is 10.2 Å². The number of carboxylic acids is 1. The summed E-state index contributed by atoms with van der Waals surface area (Å²) in [4.78, 5) is 10.4. The van der Waals surface area contributed by atoms with Crippen molar-refractivity contribution >= 4 is 5.97 Å². The van der Waals surface area contributed by atoms with E-state index in [0.29, 0.717) is 30.9 Å². The van der Waals surface area contributed by atoms with Gasteiger partial charge in [0.25, 0.3) is 0 Å². The molecule has 2 unspecified atom stereocenters. The molecule has 0 radical (unpaired) electrons. The highest BCUT2D eigenvalue weighted by atomic mass is 19.1. The van der Waals surface area contributed by atoms with Gasteiger partial charge in [0.2, 0.25) is 0 Å². The van der Waals surface area contributed by atoms with E-state index in [1.54, 1.807) is 13.0 Å². The van der Waals surface area contributed by atoms with Crippen LogP contribution in [-0.2, 0) is 4.79 Å². The molecule has 0 aliphatic heterocycles. The van der Waals surface area contributed by atoms with E-state index in [9.17, 15) is 14.3 Å². The molecule has 1 saturated carbocycles. The molecule has 25 heavy (non-hydrogen) atoms. The maximum absolute atomic E-state index is 13.7. The van der Waals surface area contributed by atoms with Crippen molar-refractivity contribution in [1.82, 2.24) is 0 Å². The molecule has 1 aliphatic rings. The van der Waals surface area contributed by atoms with E-state index in [2.05, 4.69) is 6.08 Å². The zero-order valence-electron chi connectivity index (χ0n) is 15.2. The summed E-state index contributed by atoms with van der Waals surface area (Å²) in [5, 5.41) is 27.9. The van der Waals surface area contributed by atoms with E-state index in [1.807, 2.05) is 6.08 Å². The molecule has 0 bridgehead atoms. The molecular weight excluding hydrogens is 323 g/mol. The van der Waals surface area contributed by atoms with Gasteiger partial charge in [-0.05, 0) is 70.3 Å². The normalized spacial score (nSPS) is 23.9. The fourth-order valence-electron chi connectivity index (χ4n) is 3.29. The summed E-state index contributed by atoms with van der Waals surface area (Å²) in [5.74, 6) is 0.227. The second kappa shape index (κ2) is 12.1. The van der Waals surface area contributed by atoms with Crippen molar-refractivity contribution in [1.29, 1.82) is 0 Å². The Kier molecular flexibility index (Phi) is 10.5. The molecule has 0 aromatic heterocycles. The molecule has 0 heterocycles. The Hall–Kier alpha value is -1.36. The van der Waals surface area contributed by atoms with E-state index in [0.717, 1.165) is 32.1 Å². The zero-order chi connectivity index (χ0) is 18.7. The molecule has 4 nitrogen and oxygen atoms in total. The summed E-state index contributed by atoms with van der Waals surface area (Å²) in [6.07, 6.45) is 10.8. The van der Waals surface area contributed by atoms with Crippen molar-refractivity contribution in [3.8, 4) is 0 Å². The van der Waals surface area contributed by atoms with Gasteiger partial charge in [-0.1, -0.05) is 12.2 Å². The van der Waals surface area contributed by atoms with Crippen LogP contribution in [0.4, 0.5) is 4.39 Å². The van der Waals surface area contributed by atoms with Crippen LogP contribution in [0.5, 0.6) is 0 Å². The number of halogens is 1. The van der Waals surface area contributed by atoms with Gasteiger partial charge in [0, 0.05) is 18.8 Å². The number of unbranched alkanes of at least 4 members (excludes halogenated alkanes) is 1. The predicted molar refractivity (Wildman–Crippen MR) is 97.2 cm³/mol. The highest BCUT2D eigenvalue weighted by Crippen LogP contribution is 2.37. The molecule has 1 fully saturated rings. The molecule has 3 N–H and O–H groups in total. The summed E-state index contributed by atoms with van der Waals surface area (Å²) in [5.41, 5.74) is 0. The molecule has 0 amide bonds. The molecular formula is C20H33FO4. The van der Waals surface area contributed by atoms with Gasteiger partial charge in [-0.15, -0.1) is 0 Å². The quantitative estimate of drug-likeness (QED) is 0.263. The van der Waals surface area contributed by atoms with Gasteiger partial charge in [-0.3, -0.25) is 4.79 Å². The van der Waals surface area contributed by atoms with Crippen LogP contribution in [0.3, 0.4) is 0 Å². The Morgan fingerprint density at radius 3 is 2.68 bits per heavy atom. The van der Waals surface area contributed by atoms with E-state index >= 15 is 0 Å². The lowest BCUT2D eigenvalue weighted by molar-refractivity contribution is -0.137. The number of hydrogen-bond acceptors (Lipinski definition) is 3. The van der Waals surface area contributed by atoms with Crippen molar-refractivity contribution in [3.05, 3.63) is 24.0 Å². The monoisotopic (exact) mass is 356 g/mol. The lowest BCUT2D eigenvalue weighted by Gasteiger charge is -2.11. The number of hydrogen-bond donors (Lipinski definition) is 3. The van der Waals surface area contributed by atoms with Crippen LogP contribution in [0.1, 0.15) is 71.1 Å². The predicted octanol–water partition coefficient (Wildman–Crippen LogP) is 4.94. The Labute approximate surface area is 150 Å².